The molecule has 0 fully saturated rings. The Morgan fingerprint density at radius 1 is 1.53 bits per heavy atom. The molecule has 0 aromatic carbocycles. The Hall–Kier alpha value is -1.80. The van der Waals surface area contributed by atoms with Crippen molar-refractivity contribution in [2.45, 2.75) is 32.8 Å². The van der Waals surface area contributed by atoms with E-state index in [1.54, 1.807) is 6.20 Å². The lowest BCUT2D eigenvalue weighted by molar-refractivity contribution is 0.0529. The lowest BCUT2D eigenvalue weighted by atomic mass is 10.2. The maximum Gasteiger partial charge on any atom is 0.407 e. The summed E-state index contributed by atoms with van der Waals surface area (Å²) in [6.45, 7) is 5.84. The molecule has 5 nitrogen and oxygen atoms in total. The van der Waals surface area contributed by atoms with Crippen molar-refractivity contribution < 1.29 is 9.53 Å². The predicted octanol–water partition coefficient (Wildman–Crippen LogP) is 2.40. The van der Waals surface area contributed by atoms with Crippen molar-refractivity contribution >= 4 is 17.7 Å². The molecule has 0 saturated heterocycles. The molecule has 0 unspecified atom stereocenters. The minimum Gasteiger partial charge on any atom is -0.444 e. The van der Waals surface area contributed by atoms with E-state index in [1.807, 2.05) is 20.8 Å². The Morgan fingerprint density at radius 2 is 2.26 bits per heavy atom. The normalized spacial score (nSPS) is 10.3. The quantitative estimate of drug-likeness (QED) is 0.514. The summed E-state index contributed by atoms with van der Waals surface area (Å²) >= 11 is 5.82. The molecule has 0 bridgehead atoms. The van der Waals surface area contributed by atoms with Gasteiger partial charge in [-0.2, -0.15) is 0 Å². The number of rotatable bonds is 2. The average Bonchev–Trinajstić information content (AvgIpc) is 2.28. The van der Waals surface area contributed by atoms with Gasteiger partial charge in [-0.15, -0.1) is 0 Å². The smallest absolute Gasteiger partial charge is 0.407 e. The second kappa shape index (κ2) is 6.95. The minimum atomic E-state index is -0.495. The third kappa shape index (κ3) is 6.63. The number of nitrogens with zero attached hydrogens (tertiary/aromatic N) is 2. The molecule has 0 radical (unpaired) electrons. The van der Waals surface area contributed by atoms with E-state index in [0.29, 0.717) is 23.7 Å². The molecule has 19 heavy (non-hydrogen) atoms. The average molecular weight is 282 g/mol. The summed E-state index contributed by atoms with van der Waals surface area (Å²) in [5, 5.41) is 2.93. The van der Waals surface area contributed by atoms with Gasteiger partial charge in [0.25, 0.3) is 0 Å². The van der Waals surface area contributed by atoms with E-state index >= 15 is 0 Å². The third-order valence-electron chi connectivity index (χ3n) is 1.80. The molecule has 0 saturated carbocycles. The zero-order valence-corrected chi connectivity index (χ0v) is 11.9. The summed E-state index contributed by atoms with van der Waals surface area (Å²) in [4.78, 5) is 19.0. The number of carbonyl (C=O) groups excluding carboxylic acids is 1. The van der Waals surface area contributed by atoms with Crippen molar-refractivity contribution in [1.29, 1.82) is 0 Å². The van der Waals surface area contributed by atoms with E-state index in [1.165, 1.54) is 6.33 Å². The van der Waals surface area contributed by atoms with Crippen molar-refractivity contribution in [3.05, 3.63) is 23.2 Å². The summed E-state index contributed by atoms with van der Waals surface area (Å²) < 4.78 is 5.08. The number of hydrogen-bond donors (Lipinski definition) is 1. The lowest BCUT2D eigenvalue weighted by Gasteiger charge is -2.19. The van der Waals surface area contributed by atoms with Gasteiger partial charge in [0.1, 0.15) is 17.1 Å². The van der Waals surface area contributed by atoms with Gasteiger partial charge in [-0.3, -0.25) is 0 Å². The number of halogens is 1. The molecule has 1 heterocycles. The Morgan fingerprint density at radius 3 is 2.89 bits per heavy atom. The van der Waals surface area contributed by atoms with Crippen LogP contribution in [0.5, 0.6) is 0 Å². The molecular formula is C13H16ClN3O2. The number of ether oxygens (including phenoxy) is 1. The standard InChI is InChI=1S/C13H16ClN3O2/c1-13(2,3)19-12(18)16-7-5-4-6-10-8-15-9-17-11(10)14/h8-9H,5,7H2,1-3H3,(H,16,18). The molecule has 1 amide bonds. The van der Waals surface area contributed by atoms with Gasteiger partial charge in [0.15, 0.2) is 0 Å². The summed E-state index contributed by atoms with van der Waals surface area (Å²) in [7, 11) is 0. The highest BCUT2D eigenvalue weighted by atomic mass is 35.5. The number of nitrogens with one attached hydrogen (secondary N) is 1. The first kappa shape index (κ1) is 15.3. The molecule has 0 atom stereocenters. The fourth-order valence-corrected chi connectivity index (χ4v) is 1.24. The van der Waals surface area contributed by atoms with Gasteiger partial charge in [0.2, 0.25) is 0 Å². The Labute approximate surface area is 117 Å². The molecule has 1 aromatic rings. The van der Waals surface area contributed by atoms with Crippen molar-refractivity contribution in [2.24, 2.45) is 0 Å². The minimum absolute atomic E-state index is 0.322. The molecule has 0 spiro atoms. The fourth-order valence-electron chi connectivity index (χ4n) is 1.10. The van der Waals surface area contributed by atoms with Crippen molar-refractivity contribution in [3.8, 4) is 11.8 Å². The number of aromatic nitrogens is 2. The molecule has 1 N–H and O–H groups in total. The first-order valence-electron chi connectivity index (χ1n) is 5.80. The second-order valence-corrected chi connectivity index (χ2v) is 5.07. The number of amides is 1. The van der Waals surface area contributed by atoms with Gasteiger partial charge in [-0.1, -0.05) is 23.4 Å². The molecule has 1 aromatic heterocycles. The largest absolute Gasteiger partial charge is 0.444 e. The zero-order valence-electron chi connectivity index (χ0n) is 11.2. The van der Waals surface area contributed by atoms with Crippen LogP contribution in [0.4, 0.5) is 4.79 Å². The first-order chi connectivity index (χ1) is 8.88. The van der Waals surface area contributed by atoms with Crippen LogP contribution in [-0.4, -0.2) is 28.2 Å². The molecule has 1 rings (SSSR count). The topological polar surface area (TPSA) is 64.1 Å². The second-order valence-electron chi connectivity index (χ2n) is 4.71. The van der Waals surface area contributed by atoms with Crippen molar-refractivity contribution in [3.63, 3.8) is 0 Å². The van der Waals surface area contributed by atoms with Gasteiger partial charge in [-0.25, -0.2) is 14.8 Å². The number of hydrogen-bond acceptors (Lipinski definition) is 4. The Kier molecular flexibility index (Phi) is 5.58. The van der Waals surface area contributed by atoms with Crippen LogP contribution in [0.2, 0.25) is 5.15 Å². The van der Waals surface area contributed by atoms with Gasteiger partial charge in [-0.05, 0) is 20.8 Å². The fraction of sp³-hybridized carbons (Fsp3) is 0.462. The van der Waals surface area contributed by atoms with Gasteiger partial charge >= 0.3 is 6.09 Å². The van der Waals surface area contributed by atoms with Crippen LogP contribution in [0.3, 0.4) is 0 Å². The van der Waals surface area contributed by atoms with Crippen LogP contribution in [0, 0.1) is 11.8 Å². The lowest BCUT2D eigenvalue weighted by Crippen LogP contribution is -2.32. The molecule has 6 heteroatoms. The van der Waals surface area contributed by atoms with Crippen LogP contribution in [0.1, 0.15) is 32.8 Å². The van der Waals surface area contributed by atoms with Gasteiger partial charge in [0, 0.05) is 19.2 Å². The third-order valence-corrected chi connectivity index (χ3v) is 2.11. The molecule has 0 aliphatic heterocycles. The zero-order chi connectivity index (χ0) is 14.3. The summed E-state index contributed by atoms with van der Waals surface area (Å²) in [5.74, 6) is 5.71. The Bertz CT molecular complexity index is 501. The monoisotopic (exact) mass is 281 g/mol. The van der Waals surface area contributed by atoms with E-state index in [2.05, 4.69) is 27.1 Å². The highest BCUT2D eigenvalue weighted by molar-refractivity contribution is 6.30. The molecule has 0 aliphatic rings. The number of carbonyl (C=O) groups is 1. The maximum absolute atomic E-state index is 11.3. The van der Waals surface area contributed by atoms with Crippen LogP contribution in [-0.2, 0) is 4.74 Å². The highest BCUT2D eigenvalue weighted by Crippen LogP contribution is 2.08. The van der Waals surface area contributed by atoms with Crippen LogP contribution >= 0.6 is 11.6 Å². The summed E-state index contributed by atoms with van der Waals surface area (Å²) in [6.07, 6.45) is 2.95. The van der Waals surface area contributed by atoms with E-state index < -0.39 is 11.7 Å². The van der Waals surface area contributed by atoms with Crippen LogP contribution in [0.25, 0.3) is 0 Å². The van der Waals surface area contributed by atoms with E-state index in [-0.39, 0.29) is 0 Å². The van der Waals surface area contributed by atoms with E-state index in [0.717, 1.165) is 0 Å². The van der Waals surface area contributed by atoms with Crippen LogP contribution < -0.4 is 5.32 Å². The molecule has 102 valence electrons. The highest BCUT2D eigenvalue weighted by Gasteiger charge is 2.15. The van der Waals surface area contributed by atoms with Gasteiger partial charge < -0.3 is 10.1 Å². The maximum atomic E-state index is 11.3. The SMILES string of the molecule is CC(C)(C)OC(=O)NCCC#Cc1cncnc1Cl. The first-order valence-corrected chi connectivity index (χ1v) is 6.17. The van der Waals surface area contributed by atoms with Crippen molar-refractivity contribution in [1.82, 2.24) is 15.3 Å². The molecular weight excluding hydrogens is 266 g/mol. The molecule has 0 aliphatic carbocycles. The van der Waals surface area contributed by atoms with E-state index in [4.69, 9.17) is 16.3 Å². The summed E-state index contributed by atoms with van der Waals surface area (Å²) in [6, 6.07) is 0. The van der Waals surface area contributed by atoms with Crippen molar-refractivity contribution in [2.75, 3.05) is 6.54 Å². The Balaban J connectivity index is 2.33. The van der Waals surface area contributed by atoms with Crippen LogP contribution in [0.15, 0.2) is 12.5 Å². The summed E-state index contributed by atoms with van der Waals surface area (Å²) in [5.41, 5.74) is 0.0754. The predicted molar refractivity (Wildman–Crippen MR) is 72.8 cm³/mol. The van der Waals surface area contributed by atoms with E-state index in [9.17, 15) is 4.79 Å². The number of alkyl carbamates (subject to hydrolysis) is 1. The van der Waals surface area contributed by atoms with Gasteiger partial charge in [0.05, 0.1) is 5.56 Å².